The van der Waals surface area contributed by atoms with Gasteiger partial charge in [0.15, 0.2) is 0 Å². The molecule has 2 heteroatoms. The van der Waals surface area contributed by atoms with Crippen molar-refractivity contribution >= 4 is 0 Å². The third kappa shape index (κ3) is 1.63. The van der Waals surface area contributed by atoms with Crippen LogP contribution in [0.4, 0.5) is 0 Å². The maximum absolute atomic E-state index is 5.79. The number of hydrogen-bond donors (Lipinski definition) is 1. The molecule has 1 unspecified atom stereocenters. The fraction of sp³-hybridized carbons (Fsp3) is 0.538. The van der Waals surface area contributed by atoms with E-state index in [0.717, 1.165) is 18.9 Å². The Morgan fingerprint density at radius 1 is 1.33 bits per heavy atom. The quantitative estimate of drug-likeness (QED) is 0.801. The van der Waals surface area contributed by atoms with Gasteiger partial charge in [-0.3, -0.25) is 0 Å². The summed E-state index contributed by atoms with van der Waals surface area (Å²) in [7, 11) is 0. The van der Waals surface area contributed by atoms with Gasteiger partial charge >= 0.3 is 0 Å². The molecule has 1 aromatic rings. The molecule has 2 rings (SSSR count). The van der Waals surface area contributed by atoms with Crippen molar-refractivity contribution in [3.05, 3.63) is 28.3 Å². The summed E-state index contributed by atoms with van der Waals surface area (Å²) in [6.07, 6.45) is 0. The molecular formula is C13H19NO. The second-order valence-corrected chi connectivity index (χ2v) is 4.30. The fourth-order valence-corrected chi connectivity index (χ4v) is 2.35. The third-order valence-electron chi connectivity index (χ3n) is 3.23. The normalized spacial score (nSPS) is 18.8. The zero-order valence-electron chi connectivity index (χ0n) is 9.98. The summed E-state index contributed by atoms with van der Waals surface area (Å²) in [5.74, 6) is 1.11. The smallest absolute Gasteiger partial charge is 0.127 e. The van der Waals surface area contributed by atoms with E-state index < -0.39 is 0 Å². The summed E-state index contributed by atoms with van der Waals surface area (Å²) in [5, 5.41) is 3.46. The van der Waals surface area contributed by atoms with Crippen molar-refractivity contribution in [3.8, 4) is 5.75 Å². The minimum absolute atomic E-state index is 0.379. The van der Waals surface area contributed by atoms with E-state index in [1.165, 1.54) is 22.3 Å². The van der Waals surface area contributed by atoms with Crippen LogP contribution in [0.25, 0.3) is 0 Å². The average molecular weight is 205 g/mol. The van der Waals surface area contributed by atoms with Crippen LogP contribution in [0.1, 0.15) is 35.2 Å². The second kappa shape index (κ2) is 3.86. The van der Waals surface area contributed by atoms with Gasteiger partial charge in [0.2, 0.25) is 0 Å². The van der Waals surface area contributed by atoms with Gasteiger partial charge in [0, 0.05) is 5.56 Å². The highest BCUT2D eigenvalue weighted by Gasteiger charge is 2.27. The number of likely N-dealkylation sites (N-methyl/N-ethyl adjacent to an activating group) is 1. The van der Waals surface area contributed by atoms with Gasteiger partial charge in [0.1, 0.15) is 12.4 Å². The largest absolute Gasteiger partial charge is 0.491 e. The summed E-state index contributed by atoms with van der Waals surface area (Å²) in [6.45, 7) is 10.3. The number of hydrogen-bond acceptors (Lipinski definition) is 2. The Balaban J connectivity index is 2.49. The van der Waals surface area contributed by atoms with Crippen molar-refractivity contribution in [2.24, 2.45) is 0 Å². The summed E-state index contributed by atoms with van der Waals surface area (Å²) in [5.41, 5.74) is 5.32. The van der Waals surface area contributed by atoms with Crippen LogP contribution < -0.4 is 10.1 Å². The first kappa shape index (κ1) is 10.5. The number of aryl methyl sites for hydroxylation is 2. The number of ether oxygens (including phenoxy) is 1. The van der Waals surface area contributed by atoms with Gasteiger partial charge in [-0.2, -0.15) is 0 Å². The molecule has 0 bridgehead atoms. The molecule has 0 saturated carbocycles. The highest BCUT2D eigenvalue weighted by Crippen LogP contribution is 2.39. The van der Waals surface area contributed by atoms with Crippen LogP contribution in [0.5, 0.6) is 5.75 Å². The van der Waals surface area contributed by atoms with E-state index in [-0.39, 0.29) is 0 Å². The molecule has 82 valence electrons. The number of benzene rings is 1. The lowest BCUT2D eigenvalue weighted by molar-refractivity contribution is 0.312. The minimum Gasteiger partial charge on any atom is -0.491 e. The maximum Gasteiger partial charge on any atom is 0.127 e. The standard InChI is InChI=1S/C13H19NO/c1-5-14-11-7-15-13-10(4)8(2)6-9(3)12(11)13/h6,11,14H,5,7H2,1-4H3. The molecule has 1 aromatic carbocycles. The van der Waals surface area contributed by atoms with Crippen LogP contribution in [0.2, 0.25) is 0 Å². The van der Waals surface area contributed by atoms with Crippen LogP contribution in [0.3, 0.4) is 0 Å². The molecule has 0 saturated heterocycles. The van der Waals surface area contributed by atoms with Gasteiger partial charge in [0.05, 0.1) is 6.04 Å². The fourth-order valence-electron chi connectivity index (χ4n) is 2.35. The molecule has 0 fully saturated rings. The first-order valence-corrected chi connectivity index (χ1v) is 5.62. The van der Waals surface area contributed by atoms with E-state index in [0.29, 0.717) is 6.04 Å². The van der Waals surface area contributed by atoms with E-state index >= 15 is 0 Å². The summed E-state index contributed by atoms with van der Waals surface area (Å²) in [4.78, 5) is 0. The molecule has 0 radical (unpaired) electrons. The molecule has 1 N–H and O–H groups in total. The zero-order chi connectivity index (χ0) is 11.0. The van der Waals surface area contributed by atoms with Gasteiger partial charge in [-0.15, -0.1) is 0 Å². The van der Waals surface area contributed by atoms with Crippen molar-refractivity contribution < 1.29 is 4.74 Å². The number of rotatable bonds is 2. The van der Waals surface area contributed by atoms with E-state index in [4.69, 9.17) is 4.74 Å². The third-order valence-corrected chi connectivity index (χ3v) is 3.23. The molecule has 1 heterocycles. The van der Waals surface area contributed by atoms with Crippen molar-refractivity contribution in [1.82, 2.24) is 5.32 Å². The van der Waals surface area contributed by atoms with E-state index in [1.807, 2.05) is 0 Å². The molecule has 0 amide bonds. The monoisotopic (exact) mass is 205 g/mol. The van der Waals surface area contributed by atoms with Gasteiger partial charge in [-0.25, -0.2) is 0 Å². The van der Waals surface area contributed by atoms with Crippen molar-refractivity contribution in [1.29, 1.82) is 0 Å². The maximum atomic E-state index is 5.79. The van der Waals surface area contributed by atoms with Crippen LogP contribution in [-0.2, 0) is 0 Å². The van der Waals surface area contributed by atoms with Gasteiger partial charge < -0.3 is 10.1 Å². The van der Waals surface area contributed by atoms with E-state index in [1.54, 1.807) is 0 Å². The number of nitrogens with one attached hydrogen (secondary N) is 1. The predicted octanol–water partition coefficient (Wildman–Crippen LogP) is 2.65. The molecule has 1 aliphatic rings. The van der Waals surface area contributed by atoms with E-state index in [9.17, 15) is 0 Å². The highest BCUT2D eigenvalue weighted by molar-refractivity contribution is 5.53. The average Bonchev–Trinajstić information content (AvgIpc) is 2.59. The van der Waals surface area contributed by atoms with Crippen molar-refractivity contribution in [2.45, 2.75) is 33.7 Å². The Morgan fingerprint density at radius 3 is 2.73 bits per heavy atom. The molecule has 15 heavy (non-hydrogen) atoms. The van der Waals surface area contributed by atoms with Crippen LogP contribution >= 0.6 is 0 Å². The molecule has 0 spiro atoms. The van der Waals surface area contributed by atoms with Gasteiger partial charge in [-0.05, 0) is 44.0 Å². The van der Waals surface area contributed by atoms with Crippen molar-refractivity contribution in [2.75, 3.05) is 13.2 Å². The van der Waals surface area contributed by atoms with Crippen LogP contribution in [-0.4, -0.2) is 13.2 Å². The van der Waals surface area contributed by atoms with Gasteiger partial charge in [-0.1, -0.05) is 13.0 Å². The topological polar surface area (TPSA) is 21.3 Å². The molecule has 0 aromatic heterocycles. The Morgan fingerprint density at radius 2 is 2.07 bits per heavy atom. The number of fused-ring (bicyclic) bond motifs is 1. The Labute approximate surface area is 91.6 Å². The lowest BCUT2D eigenvalue weighted by atomic mass is 9.96. The highest BCUT2D eigenvalue weighted by atomic mass is 16.5. The molecule has 0 aliphatic carbocycles. The zero-order valence-corrected chi connectivity index (χ0v) is 9.98. The SMILES string of the molecule is CCNC1COc2c(C)c(C)cc(C)c21. The van der Waals surface area contributed by atoms with E-state index in [2.05, 4.69) is 39.1 Å². The van der Waals surface area contributed by atoms with Gasteiger partial charge in [0.25, 0.3) is 0 Å². The van der Waals surface area contributed by atoms with Crippen molar-refractivity contribution in [3.63, 3.8) is 0 Å². The second-order valence-electron chi connectivity index (χ2n) is 4.30. The Hall–Kier alpha value is -1.02. The molecule has 2 nitrogen and oxygen atoms in total. The van der Waals surface area contributed by atoms with Crippen LogP contribution in [0.15, 0.2) is 6.07 Å². The summed E-state index contributed by atoms with van der Waals surface area (Å²) < 4.78 is 5.79. The molecule has 1 aliphatic heterocycles. The minimum atomic E-state index is 0.379. The first-order valence-electron chi connectivity index (χ1n) is 5.62. The molecule has 1 atom stereocenters. The summed E-state index contributed by atoms with van der Waals surface area (Å²) >= 11 is 0. The Bertz CT molecular complexity index is 385. The molecular weight excluding hydrogens is 186 g/mol. The Kier molecular flexibility index (Phi) is 2.70. The lowest BCUT2D eigenvalue weighted by Crippen LogP contribution is -2.22. The summed E-state index contributed by atoms with van der Waals surface area (Å²) in [6, 6.07) is 2.64. The van der Waals surface area contributed by atoms with Crippen LogP contribution in [0, 0.1) is 20.8 Å². The lowest BCUT2D eigenvalue weighted by Gasteiger charge is -2.13. The first-order chi connectivity index (χ1) is 7.15. The predicted molar refractivity (Wildman–Crippen MR) is 62.6 cm³/mol.